The molecule has 0 spiro atoms. The molecule has 0 aliphatic heterocycles. The normalized spacial score (nSPS) is 11.9. The highest BCUT2D eigenvalue weighted by atomic mass is 16.6. The molecule has 0 bridgehead atoms. The van der Waals surface area contributed by atoms with E-state index < -0.39 is 22.8 Å². The highest BCUT2D eigenvalue weighted by Crippen LogP contribution is 2.21. The van der Waals surface area contributed by atoms with E-state index in [4.69, 9.17) is 0 Å². The molecule has 0 aliphatic rings. The van der Waals surface area contributed by atoms with Crippen LogP contribution in [0.3, 0.4) is 0 Å². The molecule has 1 aromatic heterocycles. The molecule has 2 N–H and O–H groups in total. The number of hydrogen-bond acceptors (Lipinski definition) is 6. The number of aromatic amines is 1. The van der Waals surface area contributed by atoms with Crippen LogP contribution in [0.2, 0.25) is 0 Å². The molecular formula is C12H12N4O5. The van der Waals surface area contributed by atoms with Gasteiger partial charge in [-0.25, -0.2) is 4.79 Å². The Morgan fingerprint density at radius 3 is 2.81 bits per heavy atom. The Labute approximate surface area is 118 Å². The number of non-ortho nitro benzene ring substituents is 1. The zero-order valence-corrected chi connectivity index (χ0v) is 11.2. The molecule has 1 amide bonds. The van der Waals surface area contributed by atoms with Crippen LogP contribution >= 0.6 is 0 Å². The second kappa shape index (κ2) is 5.57. The molecule has 0 aliphatic carbocycles. The smallest absolute Gasteiger partial charge is 0.328 e. The molecule has 21 heavy (non-hydrogen) atoms. The molecule has 1 heterocycles. The third-order valence-corrected chi connectivity index (χ3v) is 2.87. The van der Waals surface area contributed by atoms with E-state index in [1.165, 1.54) is 32.2 Å². The minimum atomic E-state index is -0.827. The van der Waals surface area contributed by atoms with Crippen molar-refractivity contribution in [1.82, 2.24) is 15.5 Å². The molecule has 0 saturated carbocycles. The number of aromatic nitrogens is 2. The fourth-order valence-electron chi connectivity index (χ4n) is 1.79. The van der Waals surface area contributed by atoms with Gasteiger partial charge in [0, 0.05) is 17.5 Å². The zero-order chi connectivity index (χ0) is 15.6. The number of H-pyrrole nitrogens is 1. The molecule has 1 atom stereocenters. The lowest BCUT2D eigenvalue weighted by Gasteiger charge is -2.10. The maximum Gasteiger partial charge on any atom is 0.328 e. The number of nitro benzene ring substituents is 1. The van der Waals surface area contributed by atoms with Crippen molar-refractivity contribution in [3.8, 4) is 0 Å². The Hall–Kier alpha value is -2.97. The van der Waals surface area contributed by atoms with E-state index in [0.717, 1.165) is 0 Å². The van der Waals surface area contributed by atoms with Crippen molar-refractivity contribution in [2.45, 2.75) is 13.0 Å². The molecule has 1 aromatic carbocycles. The molecule has 9 heteroatoms. The number of fused-ring (bicyclic) bond motifs is 1. The summed E-state index contributed by atoms with van der Waals surface area (Å²) in [5.41, 5.74) is 0.303. The summed E-state index contributed by atoms with van der Waals surface area (Å²) in [6.07, 6.45) is 0. The van der Waals surface area contributed by atoms with Crippen LogP contribution in [-0.2, 0) is 9.53 Å². The van der Waals surface area contributed by atoms with Gasteiger partial charge in [0.1, 0.15) is 6.04 Å². The first-order valence-corrected chi connectivity index (χ1v) is 5.95. The number of nitro groups is 1. The van der Waals surface area contributed by atoms with Gasteiger partial charge in [0.25, 0.3) is 11.6 Å². The number of carbonyl (C=O) groups excluding carboxylic acids is 2. The number of nitrogens with zero attached hydrogens (tertiary/aromatic N) is 2. The van der Waals surface area contributed by atoms with Crippen molar-refractivity contribution < 1.29 is 19.2 Å². The predicted octanol–water partition coefficient (Wildman–Crippen LogP) is 0.762. The number of carbonyl (C=O) groups is 2. The van der Waals surface area contributed by atoms with Crippen molar-refractivity contribution >= 4 is 28.5 Å². The SMILES string of the molecule is COC(=O)[C@H](C)NC(=O)c1n[nH]c2cc([N+](=O)[O-])ccc12. The highest BCUT2D eigenvalue weighted by Gasteiger charge is 2.21. The molecule has 0 saturated heterocycles. The number of methoxy groups -OCH3 is 1. The van der Waals surface area contributed by atoms with Crippen LogP contribution < -0.4 is 5.32 Å². The number of hydrogen-bond donors (Lipinski definition) is 2. The van der Waals surface area contributed by atoms with Crippen LogP contribution in [0.4, 0.5) is 5.69 Å². The second-order valence-electron chi connectivity index (χ2n) is 4.28. The molecule has 0 unspecified atom stereocenters. The van der Waals surface area contributed by atoms with E-state index in [-0.39, 0.29) is 11.4 Å². The monoisotopic (exact) mass is 292 g/mol. The van der Waals surface area contributed by atoms with E-state index >= 15 is 0 Å². The van der Waals surface area contributed by atoms with Crippen molar-refractivity contribution in [3.05, 3.63) is 34.0 Å². The fourth-order valence-corrected chi connectivity index (χ4v) is 1.79. The van der Waals surface area contributed by atoms with Crippen LogP contribution in [0.15, 0.2) is 18.2 Å². The van der Waals surface area contributed by atoms with E-state index in [1.807, 2.05) is 0 Å². The largest absolute Gasteiger partial charge is 0.467 e. The molecule has 0 radical (unpaired) electrons. The fraction of sp³-hybridized carbons (Fsp3) is 0.250. The average molecular weight is 292 g/mol. The molecule has 110 valence electrons. The zero-order valence-electron chi connectivity index (χ0n) is 11.2. The highest BCUT2D eigenvalue weighted by molar-refractivity contribution is 6.06. The summed E-state index contributed by atoms with van der Waals surface area (Å²) < 4.78 is 4.50. The van der Waals surface area contributed by atoms with E-state index in [0.29, 0.717) is 10.9 Å². The summed E-state index contributed by atoms with van der Waals surface area (Å²) >= 11 is 0. The molecule has 2 aromatic rings. The first kappa shape index (κ1) is 14.4. The average Bonchev–Trinajstić information content (AvgIpc) is 2.89. The third kappa shape index (κ3) is 2.81. The number of rotatable bonds is 4. The van der Waals surface area contributed by atoms with Crippen molar-refractivity contribution in [2.75, 3.05) is 7.11 Å². The molecular weight excluding hydrogens is 280 g/mol. The number of esters is 1. The van der Waals surface area contributed by atoms with Crippen LogP contribution in [0, 0.1) is 10.1 Å². The quantitative estimate of drug-likeness (QED) is 0.486. The van der Waals surface area contributed by atoms with Crippen molar-refractivity contribution in [3.63, 3.8) is 0 Å². The Balaban J connectivity index is 2.28. The summed E-state index contributed by atoms with van der Waals surface area (Å²) in [5.74, 6) is -1.16. The summed E-state index contributed by atoms with van der Waals surface area (Å²) in [7, 11) is 1.22. The lowest BCUT2D eigenvalue weighted by molar-refractivity contribution is -0.384. The lowest BCUT2D eigenvalue weighted by Crippen LogP contribution is -2.39. The topological polar surface area (TPSA) is 127 Å². The standard InChI is InChI=1S/C12H12N4O5/c1-6(12(18)21-2)13-11(17)10-8-4-3-7(16(19)20)5-9(8)14-15-10/h3-6H,1-2H3,(H,13,17)(H,14,15)/t6-/m0/s1. The van der Waals surface area contributed by atoms with Gasteiger partial charge >= 0.3 is 5.97 Å². The minimum Gasteiger partial charge on any atom is -0.467 e. The van der Waals surface area contributed by atoms with Gasteiger partial charge in [0.05, 0.1) is 17.5 Å². The van der Waals surface area contributed by atoms with E-state index in [2.05, 4.69) is 20.3 Å². The second-order valence-corrected chi connectivity index (χ2v) is 4.28. The van der Waals surface area contributed by atoms with Crippen LogP contribution in [0.5, 0.6) is 0 Å². The maximum atomic E-state index is 12.0. The third-order valence-electron chi connectivity index (χ3n) is 2.87. The first-order chi connectivity index (χ1) is 9.93. The number of benzene rings is 1. The summed E-state index contributed by atoms with van der Waals surface area (Å²) in [6, 6.07) is 3.16. The van der Waals surface area contributed by atoms with E-state index in [9.17, 15) is 19.7 Å². The van der Waals surface area contributed by atoms with E-state index in [1.54, 1.807) is 0 Å². The number of amides is 1. The predicted molar refractivity (Wildman–Crippen MR) is 71.7 cm³/mol. The Morgan fingerprint density at radius 2 is 2.19 bits per heavy atom. The van der Waals surface area contributed by atoms with Gasteiger partial charge < -0.3 is 10.1 Å². The Kier molecular flexibility index (Phi) is 3.83. The van der Waals surface area contributed by atoms with Crippen molar-refractivity contribution in [2.24, 2.45) is 0 Å². The Morgan fingerprint density at radius 1 is 1.48 bits per heavy atom. The number of ether oxygens (including phenoxy) is 1. The summed E-state index contributed by atoms with van der Waals surface area (Å²) in [5, 5.41) is 19.9. The van der Waals surface area contributed by atoms with Crippen LogP contribution in [0.25, 0.3) is 10.9 Å². The lowest BCUT2D eigenvalue weighted by atomic mass is 10.2. The molecule has 9 nitrogen and oxygen atoms in total. The summed E-state index contributed by atoms with van der Waals surface area (Å²) in [6.45, 7) is 1.48. The van der Waals surface area contributed by atoms with Gasteiger partial charge in [0.15, 0.2) is 5.69 Å². The molecule has 2 rings (SSSR count). The van der Waals surface area contributed by atoms with Gasteiger partial charge in [-0.1, -0.05) is 0 Å². The van der Waals surface area contributed by atoms with Gasteiger partial charge in [-0.05, 0) is 13.0 Å². The van der Waals surface area contributed by atoms with Gasteiger partial charge in [-0.15, -0.1) is 0 Å². The van der Waals surface area contributed by atoms with Gasteiger partial charge in [0.2, 0.25) is 0 Å². The summed E-state index contributed by atoms with van der Waals surface area (Å²) in [4.78, 5) is 33.4. The van der Waals surface area contributed by atoms with Crippen LogP contribution in [-0.4, -0.2) is 40.1 Å². The van der Waals surface area contributed by atoms with Crippen molar-refractivity contribution in [1.29, 1.82) is 0 Å². The number of nitrogens with one attached hydrogen (secondary N) is 2. The van der Waals surface area contributed by atoms with Gasteiger partial charge in [-0.3, -0.25) is 20.0 Å². The maximum absolute atomic E-state index is 12.0. The minimum absolute atomic E-state index is 0.0515. The Bertz CT molecular complexity index is 724. The first-order valence-electron chi connectivity index (χ1n) is 5.95. The molecule has 0 fully saturated rings. The van der Waals surface area contributed by atoms with Gasteiger partial charge in [-0.2, -0.15) is 5.10 Å². The van der Waals surface area contributed by atoms with Crippen LogP contribution in [0.1, 0.15) is 17.4 Å².